The van der Waals surface area contributed by atoms with Gasteiger partial charge in [-0.2, -0.15) is 0 Å². The lowest BCUT2D eigenvalue weighted by atomic mass is 9.92. The van der Waals surface area contributed by atoms with Crippen LogP contribution in [0.4, 0.5) is 0 Å². The number of hydrogen-bond acceptors (Lipinski definition) is 5. The van der Waals surface area contributed by atoms with E-state index in [-0.39, 0.29) is 34.0 Å². The molecule has 0 amide bonds. The monoisotopic (exact) mass is 232 g/mol. The summed E-state index contributed by atoms with van der Waals surface area (Å²) in [5, 5.41) is 9.58. The van der Waals surface area contributed by atoms with Crippen LogP contribution in [0.3, 0.4) is 0 Å². The maximum Gasteiger partial charge on any atom is 0.341 e. The van der Waals surface area contributed by atoms with Gasteiger partial charge in [-0.05, 0) is 24.3 Å². The van der Waals surface area contributed by atoms with Gasteiger partial charge in [0.1, 0.15) is 11.3 Å². The maximum atomic E-state index is 11.5. The Balaban J connectivity index is 2.65. The molecule has 2 rings (SSSR count). The number of allylic oxidation sites excluding steroid dienone is 2. The minimum absolute atomic E-state index is 0.0858. The average Bonchev–Trinajstić information content (AvgIpc) is 2.32. The smallest absolute Gasteiger partial charge is 0.341 e. The number of esters is 1. The predicted molar refractivity (Wildman–Crippen MR) is 57.2 cm³/mol. The Labute approximate surface area is 96.3 Å². The third kappa shape index (κ3) is 1.71. The number of hydrogen-bond donors (Lipinski definition) is 1. The van der Waals surface area contributed by atoms with Crippen LogP contribution in [-0.2, 0) is 4.74 Å². The normalized spacial score (nSPS) is 13.5. The van der Waals surface area contributed by atoms with Crippen molar-refractivity contribution in [2.45, 2.75) is 0 Å². The number of fused-ring (bicyclic) bond motifs is 1. The highest BCUT2D eigenvalue weighted by Crippen LogP contribution is 2.26. The molecule has 1 aliphatic carbocycles. The molecular formula is C12H8O5. The van der Waals surface area contributed by atoms with E-state index in [1.807, 2.05) is 0 Å². The van der Waals surface area contributed by atoms with E-state index in [2.05, 4.69) is 4.74 Å². The first-order valence-electron chi connectivity index (χ1n) is 4.76. The molecule has 0 aromatic heterocycles. The van der Waals surface area contributed by atoms with E-state index in [9.17, 15) is 19.5 Å². The lowest BCUT2D eigenvalue weighted by Crippen LogP contribution is -2.13. The zero-order chi connectivity index (χ0) is 12.6. The van der Waals surface area contributed by atoms with Crippen LogP contribution in [0.1, 0.15) is 31.1 Å². The summed E-state index contributed by atoms with van der Waals surface area (Å²) in [7, 11) is 1.16. The Morgan fingerprint density at radius 1 is 1.12 bits per heavy atom. The lowest BCUT2D eigenvalue weighted by molar-refractivity contribution is 0.0597. The van der Waals surface area contributed by atoms with Crippen molar-refractivity contribution in [3.63, 3.8) is 0 Å². The van der Waals surface area contributed by atoms with Gasteiger partial charge in [0.2, 0.25) is 0 Å². The third-order valence-corrected chi connectivity index (χ3v) is 2.46. The minimum Gasteiger partial charge on any atom is -0.507 e. The number of methoxy groups -OCH3 is 1. The van der Waals surface area contributed by atoms with Gasteiger partial charge in [-0.1, -0.05) is 0 Å². The van der Waals surface area contributed by atoms with Gasteiger partial charge in [0.05, 0.1) is 7.11 Å². The zero-order valence-corrected chi connectivity index (χ0v) is 8.89. The Bertz CT molecular complexity index is 569. The van der Waals surface area contributed by atoms with Crippen LogP contribution < -0.4 is 0 Å². The summed E-state index contributed by atoms with van der Waals surface area (Å²) in [4.78, 5) is 34.3. The first-order chi connectivity index (χ1) is 8.04. The molecule has 17 heavy (non-hydrogen) atoms. The van der Waals surface area contributed by atoms with E-state index in [4.69, 9.17) is 0 Å². The number of ketones is 2. The minimum atomic E-state index is -0.764. The van der Waals surface area contributed by atoms with Crippen molar-refractivity contribution < 1.29 is 24.2 Å². The molecule has 0 unspecified atom stereocenters. The fourth-order valence-corrected chi connectivity index (χ4v) is 1.60. The van der Waals surface area contributed by atoms with Crippen LogP contribution in [0, 0.1) is 0 Å². The number of aromatic hydroxyl groups is 1. The second-order valence-corrected chi connectivity index (χ2v) is 3.47. The fraction of sp³-hybridized carbons (Fsp3) is 0.0833. The number of phenolic OH excluding ortho intramolecular Hbond substituents is 1. The number of carbonyl (C=O) groups is 3. The molecule has 0 spiro atoms. The number of ether oxygens (including phenoxy) is 1. The molecule has 0 heterocycles. The van der Waals surface area contributed by atoms with Crippen molar-refractivity contribution in [2.24, 2.45) is 0 Å². The van der Waals surface area contributed by atoms with Crippen LogP contribution in [-0.4, -0.2) is 29.8 Å². The number of carbonyl (C=O) groups excluding carboxylic acids is 3. The fourth-order valence-electron chi connectivity index (χ4n) is 1.60. The van der Waals surface area contributed by atoms with Gasteiger partial charge in [-0.3, -0.25) is 9.59 Å². The van der Waals surface area contributed by atoms with Gasteiger partial charge in [-0.25, -0.2) is 4.79 Å². The van der Waals surface area contributed by atoms with Crippen LogP contribution in [0.25, 0.3) is 0 Å². The van der Waals surface area contributed by atoms with Crippen LogP contribution in [0.15, 0.2) is 24.3 Å². The molecule has 1 aromatic rings. The number of rotatable bonds is 1. The summed E-state index contributed by atoms with van der Waals surface area (Å²) in [5.41, 5.74) is 0.0426. The summed E-state index contributed by atoms with van der Waals surface area (Å²) in [6.45, 7) is 0. The van der Waals surface area contributed by atoms with E-state index in [0.29, 0.717) is 0 Å². The van der Waals surface area contributed by atoms with Gasteiger partial charge >= 0.3 is 5.97 Å². The highest BCUT2D eigenvalue weighted by Gasteiger charge is 2.23. The van der Waals surface area contributed by atoms with Gasteiger partial charge in [0, 0.05) is 11.1 Å². The Morgan fingerprint density at radius 3 is 2.18 bits per heavy atom. The number of benzene rings is 1. The molecule has 5 nitrogen and oxygen atoms in total. The molecule has 0 bridgehead atoms. The lowest BCUT2D eigenvalue weighted by Gasteiger charge is -2.11. The van der Waals surface area contributed by atoms with Crippen LogP contribution in [0.5, 0.6) is 5.75 Å². The average molecular weight is 232 g/mol. The summed E-state index contributed by atoms with van der Waals surface area (Å²) in [6, 6.07) is 2.27. The summed E-state index contributed by atoms with van der Waals surface area (Å²) < 4.78 is 4.46. The molecule has 0 fully saturated rings. The van der Waals surface area contributed by atoms with E-state index in [0.717, 1.165) is 25.3 Å². The van der Waals surface area contributed by atoms with Crippen molar-refractivity contribution in [3.8, 4) is 5.75 Å². The van der Waals surface area contributed by atoms with Crippen molar-refractivity contribution in [2.75, 3.05) is 7.11 Å². The summed E-state index contributed by atoms with van der Waals surface area (Å²) in [6.07, 6.45) is 2.25. The van der Waals surface area contributed by atoms with Gasteiger partial charge < -0.3 is 9.84 Å². The molecule has 5 heteroatoms. The van der Waals surface area contributed by atoms with Gasteiger partial charge in [0.15, 0.2) is 11.6 Å². The van der Waals surface area contributed by atoms with Crippen molar-refractivity contribution in [1.82, 2.24) is 0 Å². The van der Waals surface area contributed by atoms with Crippen LogP contribution >= 0.6 is 0 Å². The zero-order valence-electron chi connectivity index (χ0n) is 8.89. The molecule has 1 aromatic carbocycles. The summed E-state index contributed by atoms with van der Waals surface area (Å²) in [5.74, 6) is -1.91. The quantitative estimate of drug-likeness (QED) is 0.733. The molecule has 0 saturated carbocycles. The highest BCUT2D eigenvalue weighted by atomic mass is 16.5. The molecule has 86 valence electrons. The van der Waals surface area contributed by atoms with Crippen molar-refractivity contribution >= 4 is 17.5 Å². The van der Waals surface area contributed by atoms with Gasteiger partial charge in [-0.15, -0.1) is 0 Å². The topological polar surface area (TPSA) is 80.7 Å². The van der Waals surface area contributed by atoms with Crippen molar-refractivity contribution in [1.29, 1.82) is 0 Å². The highest BCUT2D eigenvalue weighted by molar-refractivity contribution is 6.22. The molecule has 0 radical (unpaired) electrons. The van der Waals surface area contributed by atoms with Crippen LogP contribution in [0.2, 0.25) is 0 Å². The largest absolute Gasteiger partial charge is 0.507 e. The Kier molecular flexibility index (Phi) is 2.51. The number of phenols is 1. The SMILES string of the molecule is COC(=O)c1cc2c(cc1O)C(=O)C=CC2=O. The van der Waals surface area contributed by atoms with E-state index in [1.54, 1.807) is 0 Å². The van der Waals surface area contributed by atoms with Crippen molar-refractivity contribution in [3.05, 3.63) is 41.0 Å². The molecule has 0 aliphatic heterocycles. The predicted octanol–water partition coefficient (Wildman–Crippen LogP) is 1.11. The second kappa shape index (κ2) is 3.86. The van der Waals surface area contributed by atoms with E-state index < -0.39 is 5.97 Å². The van der Waals surface area contributed by atoms with E-state index in [1.165, 1.54) is 6.07 Å². The maximum absolute atomic E-state index is 11.5. The van der Waals surface area contributed by atoms with E-state index >= 15 is 0 Å². The molecule has 1 aliphatic rings. The Hall–Kier alpha value is -2.43. The first-order valence-corrected chi connectivity index (χ1v) is 4.76. The molecular weight excluding hydrogens is 224 g/mol. The summed E-state index contributed by atoms with van der Waals surface area (Å²) >= 11 is 0. The molecule has 0 saturated heterocycles. The first kappa shape index (κ1) is 11.1. The third-order valence-electron chi connectivity index (χ3n) is 2.46. The van der Waals surface area contributed by atoms with Gasteiger partial charge in [0.25, 0.3) is 0 Å². The standard InChI is InChI=1S/C12H8O5/c1-17-12(16)8-4-6-7(5-11(8)15)10(14)3-2-9(6)13/h2-5,15H,1H3. The molecule has 1 N–H and O–H groups in total. The Morgan fingerprint density at radius 2 is 1.65 bits per heavy atom. The molecule has 0 atom stereocenters. The second-order valence-electron chi connectivity index (χ2n) is 3.47.